The predicted octanol–water partition coefficient (Wildman–Crippen LogP) is 2.89. The number of carbonyl (C=O) groups is 1. The van der Waals surface area contributed by atoms with E-state index in [4.69, 9.17) is 16.3 Å². The largest absolute Gasteiger partial charge is 0.506 e. The van der Waals surface area contributed by atoms with E-state index in [1.165, 1.54) is 13.1 Å². The van der Waals surface area contributed by atoms with E-state index in [1.54, 1.807) is 31.2 Å². The lowest BCUT2D eigenvalue weighted by Crippen LogP contribution is -2.13. The van der Waals surface area contributed by atoms with Crippen molar-refractivity contribution >= 4 is 17.6 Å². The van der Waals surface area contributed by atoms with Gasteiger partial charge in [0.05, 0.1) is 12.3 Å². The number of halogens is 1. The summed E-state index contributed by atoms with van der Waals surface area (Å²) in [5.41, 5.74) is 1.78. The first-order valence-electron chi connectivity index (χ1n) is 6.65. The average molecular weight is 322 g/mol. The highest BCUT2D eigenvalue weighted by molar-refractivity contribution is 6.30. The highest BCUT2D eigenvalue weighted by Crippen LogP contribution is 2.34. The van der Waals surface area contributed by atoms with Crippen molar-refractivity contribution in [3.63, 3.8) is 0 Å². The van der Waals surface area contributed by atoms with Gasteiger partial charge < -0.3 is 14.9 Å². The normalized spacial score (nSPS) is 12.0. The first-order chi connectivity index (χ1) is 10.4. The van der Waals surface area contributed by atoms with Gasteiger partial charge in [-0.05, 0) is 24.6 Å². The molecule has 0 saturated heterocycles. The van der Waals surface area contributed by atoms with E-state index in [9.17, 15) is 15.0 Å². The number of pyridine rings is 1. The monoisotopic (exact) mass is 321 g/mol. The fourth-order valence-corrected chi connectivity index (χ4v) is 2.29. The zero-order valence-corrected chi connectivity index (χ0v) is 13.0. The second-order valence-electron chi connectivity index (χ2n) is 4.83. The molecule has 2 rings (SSSR count). The Kier molecular flexibility index (Phi) is 5.00. The van der Waals surface area contributed by atoms with Crippen molar-refractivity contribution in [2.45, 2.75) is 26.6 Å². The van der Waals surface area contributed by atoms with Gasteiger partial charge >= 0.3 is 5.97 Å². The van der Waals surface area contributed by atoms with Crippen LogP contribution in [0.3, 0.4) is 0 Å². The Hall–Kier alpha value is -2.11. The van der Waals surface area contributed by atoms with Gasteiger partial charge in [0.2, 0.25) is 0 Å². The number of nitrogens with zero attached hydrogens (tertiary/aromatic N) is 1. The number of esters is 1. The molecular weight excluding hydrogens is 306 g/mol. The number of aromatic nitrogens is 1. The van der Waals surface area contributed by atoms with Crippen LogP contribution >= 0.6 is 11.6 Å². The molecule has 116 valence electrons. The number of aryl methyl sites for hydroxylation is 1. The third-order valence-electron chi connectivity index (χ3n) is 3.27. The van der Waals surface area contributed by atoms with Crippen LogP contribution in [-0.2, 0) is 16.1 Å². The molecule has 22 heavy (non-hydrogen) atoms. The van der Waals surface area contributed by atoms with Gasteiger partial charge in [-0.15, -0.1) is 0 Å². The van der Waals surface area contributed by atoms with Crippen LogP contribution in [0, 0.1) is 6.92 Å². The quantitative estimate of drug-likeness (QED) is 0.846. The Labute approximate surface area is 133 Å². The lowest BCUT2D eigenvalue weighted by Gasteiger charge is -2.21. The smallest absolute Gasteiger partial charge is 0.303 e. The zero-order chi connectivity index (χ0) is 16.3. The molecule has 0 spiro atoms. The van der Waals surface area contributed by atoms with Crippen LogP contribution in [0.4, 0.5) is 0 Å². The second-order valence-corrected chi connectivity index (χ2v) is 5.26. The molecule has 2 aromatic rings. The Morgan fingerprint density at radius 1 is 1.36 bits per heavy atom. The van der Waals surface area contributed by atoms with Crippen LogP contribution in [0.15, 0.2) is 30.5 Å². The van der Waals surface area contributed by atoms with Crippen molar-refractivity contribution in [3.05, 3.63) is 57.9 Å². The number of ether oxygens (including phenoxy) is 1. The molecule has 1 atom stereocenters. The van der Waals surface area contributed by atoms with Crippen LogP contribution in [0.5, 0.6) is 5.75 Å². The molecular formula is C16H16ClNO4. The van der Waals surface area contributed by atoms with E-state index in [0.717, 1.165) is 0 Å². The molecule has 0 bridgehead atoms. The van der Waals surface area contributed by atoms with Gasteiger partial charge in [0.1, 0.15) is 5.75 Å². The summed E-state index contributed by atoms with van der Waals surface area (Å²) in [6.07, 6.45) is 0.707. The highest BCUT2D eigenvalue weighted by atomic mass is 35.5. The Bertz CT molecular complexity index is 685. The minimum absolute atomic E-state index is 0.105. The Morgan fingerprint density at radius 3 is 2.55 bits per heavy atom. The third kappa shape index (κ3) is 3.37. The molecule has 0 fully saturated rings. The molecule has 0 aliphatic carbocycles. The van der Waals surface area contributed by atoms with E-state index in [0.29, 0.717) is 21.8 Å². The summed E-state index contributed by atoms with van der Waals surface area (Å²) < 4.78 is 5.36. The van der Waals surface area contributed by atoms with Gasteiger partial charge in [-0.2, -0.15) is 0 Å². The predicted molar refractivity (Wildman–Crippen MR) is 81.6 cm³/mol. The highest BCUT2D eigenvalue weighted by Gasteiger charge is 2.23. The summed E-state index contributed by atoms with van der Waals surface area (Å²) in [5.74, 6) is -0.588. The topological polar surface area (TPSA) is 79.7 Å². The van der Waals surface area contributed by atoms with Crippen molar-refractivity contribution < 1.29 is 19.7 Å². The number of aliphatic hydroxyl groups excluding tert-OH is 1. The van der Waals surface area contributed by atoms with Gasteiger partial charge in [-0.1, -0.05) is 23.7 Å². The number of hydrogen-bond acceptors (Lipinski definition) is 5. The Balaban J connectivity index is 2.57. The minimum Gasteiger partial charge on any atom is -0.506 e. The Morgan fingerprint density at radius 2 is 2.00 bits per heavy atom. The number of aliphatic hydroxyl groups is 1. The molecule has 0 aliphatic heterocycles. The molecule has 0 amide bonds. The summed E-state index contributed by atoms with van der Waals surface area (Å²) in [5, 5.41) is 20.2. The fraction of sp³-hybridized carbons (Fsp3) is 0.250. The van der Waals surface area contributed by atoms with Crippen molar-refractivity contribution in [2.24, 2.45) is 0 Å². The van der Waals surface area contributed by atoms with Crippen LogP contribution < -0.4 is 0 Å². The number of carbonyl (C=O) groups excluding carboxylic acids is 1. The number of hydrogen-bond donors (Lipinski definition) is 2. The maximum absolute atomic E-state index is 11.4. The lowest BCUT2D eigenvalue weighted by molar-refractivity contribution is -0.144. The van der Waals surface area contributed by atoms with E-state index in [1.807, 2.05) is 0 Å². The molecule has 0 saturated carbocycles. The molecule has 6 heteroatoms. The molecule has 5 nitrogen and oxygen atoms in total. The molecule has 1 unspecified atom stereocenters. The van der Waals surface area contributed by atoms with E-state index < -0.39 is 18.7 Å². The molecule has 0 aliphatic rings. The van der Waals surface area contributed by atoms with Gasteiger partial charge in [0.15, 0.2) is 6.10 Å². The van der Waals surface area contributed by atoms with Gasteiger partial charge in [-0.25, -0.2) is 0 Å². The summed E-state index contributed by atoms with van der Waals surface area (Å²) in [4.78, 5) is 15.5. The van der Waals surface area contributed by atoms with E-state index >= 15 is 0 Å². The third-order valence-corrected chi connectivity index (χ3v) is 3.52. The van der Waals surface area contributed by atoms with Crippen molar-refractivity contribution in [3.8, 4) is 5.75 Å². The number of benzene rings is 1. The second kappa shape index (κ2) is 6.77. The summed E-state index contributed by atoms with van der Waals surface area (Å²) in [7, 11) is 0. The van der Waals surface area contributed by atoms with E-state index in [2.05, 4.69) is 4.98 Å². The average Bonchev–Trinajstić information content (AvgIpc) is 2.48. The summed E-state index contributed by atoms with van der Waals surface area (Å²) in [6.45, 7) is 2.53. The summed E-state index contributed by atoms with van der Waals surface area (Å²) >= 11 is 5.87. The first kappa shape index (κ1) is 16.3. The van der Waals surface area contributed by atoms with Crippen LogP contribution in [-0.4, -0.2) is 21.2 Å². The van der Waals surface area contributed by atoms with Gasteiger partial charge in [-0.3, -0.25) is 9.78 Å². The first-order valence-corrected chi connectivity index (χ1v) is 7.02. The maximum Gasteiger partial charge on any atom is 0.303 e. The van der Waals surface area contributed by atoms with Gasteiger partial charge in [0, 0.05) is 29.3 Å². The standard InChI is InChI=1S/C16H16ClNO4/c1-9-15(21)14(8-19)13(7-18-9)16(22-10(2)20)11-3-5-12(17)6-4-11/h3-7,16,19,21H,8H2,1-2H3. The van der Waals surface area contributed by atoms with Crippen molar-refractivity contribution in [2.75, 3.05) is 0 Å². The molecule has 1 heterocycles. The molecule has 0 radical (unpaired) electrons. The zero-order valence-electron chi connectivity index (χ0n) is 12.2. The SMILES string of the molecule is CC(=O)OC(c1ccc(Cl)cc1)c1cnc(C)c(O)c1CO. The number of aromatic hydroxyl groups is 1. The molecule has 1 aromatic carbocycles. The van der Waals surface area contributed by atoms with Crippen LogP contribution in [0.25, 0.3) is 0 Å². The molecule has 1 aromatic heterocycles. The minimum atomic E-state index is -0.782. The fourth-order valence-electron chi connectivity index (χ4n) is 2.17. The lowest BCUT2D eigenvalue weighted by atomic mass is 9.97. The summed E-state index contributed by atoms with van der Waals surface area (Å²) in [6, 6.07) is 6.78. The number of rotatable bonds is 4. The molecule has 2 N–H and O–H groups in total. The van der Waals surface area contributed by atoms with E-state index in [-0.39, 0.29) is 11.3 Å². The van der Waals surface area contributed by atoms with Crippen molar-refractivity contribution in [1.29, 1.82) is 0 Å². The van der Waals surface area contributed by atoms with Crippen LogP contribution in [0.1, 0.15) is 35.4 Å². The van der Waals surface area contributed by atoms with Crippen molar-refractivity contribution in [1.82, 2.24) is 4.98 Å². The van der Waals surface area contributed by atoms with Crippen LogP contribution in [0.2, 0.25) is 5.02 Å². The maximum atomic E-state index is 11.4. The van der Waals surface area contributed by atoms with Gasteiger partial charge in [0.25, 0.3) is 0 Å².